The van der Waals surface area contributed by atoms with Crippen LogP contribution < -0.4 is 0 Å². The van der Waals surface area contributed by atoms with Gasteiger partial charge in [-0.05, 0) is 74.5 Å². The Kier molecular flexibility index (Phi) is 5.00. The number of fused-ring (bicyclic) bond motifs is 3. The maximum absolute atomic E-state index is 5.38. The van der Waals surface area contributed by atoms with Crippen molar-refractivity contribution in [2.24, 2.45) is 0 Å². The van der Waals surface area contributed by atoms with E-state index >= 15 is 0 Å². The van der Waals surface area contributed by atoms with Gasteiger partial charge in [-0.3, -0.25) is 4.57 Å². The second kappa shape index (κ2) is 9.22. The van der Waals surface area contributed by atoms with Gasteiger partial charge in [0.2, 0.25) is 0 Å². The molecule has 1 aliphatic rings. The number of aromatic nitrogens is 3. The molecule has 0 saturated carbocycles. The molecule has 1 aliphatic carbocycles. The van der Waals surface area contributed by atoms with Gasteiger partial charge in [-0.2, -0.15) is 0 Å². The first-order chi connectivity index (χ1) is 22.3. The highest BCUT2D eigenvalue weighted by molar-refractivity contribution is 6.27. The molecular weight excluding hydrogens is 546 g/mol. The molecule has 0 fully saturated rings. The lowest BCUT2D eigenvalue weighted by Gasteiger charge is -2.16. The molecule has 0 radical (unpaired) electrons. The molecule has 7 aromatic carbocycles. The molecule has 3 heteroatoms. The first-order valence-electron chi connectivity index (χ1n) is 15.4. The van der Waals surface area contributed by atoms with Gasteiger partial charge in [-0.1, -0.05) is 121 Å². The third-order valence-electron chi connectivity index (χ3n) is 9.30. The number of para-hydroxylation sites is 2. The summed E-state index contributed by atoms with van der Waals surface area (Å²) in [5.41, 5.74) is 13.3. The fraction of sp³-hybridized carbons (Fsp3) is 0. The summed E-state index contributed by atoms with van der Waals surface area (Å²) in [6.45, 7) is 0. The molecule has 208 valence electrons. The van der Waals surface area contributed by atoms with E-state index < -0.39 is 0 Å². The SMILES string of the molecule is c1ccc(-c2cc3c4c5c(cccc5n(-c5nc6ccccc6nc5-c5ccccc5)c4c2)-c2cccc4cccc-3c24)cc1. The van der Waals surface area contributed by atoms with Gasteiger partial charge in [0.1, 0.15) is 5.69 Å². The average Bonchev–Trinajstić information content (AvgIpc) is 3.39. The number of benzene rings is 7. The van der Waals surface area contributed by atoms with E-state index in [-0.39, 0.29) is 0 Å². The van der Waals surface area contributed by atoms with Crippen LogP contribution in [0, 0.1) is 0 Å². The van der Waals surface area contributed by atoms with E-state index in [0.29, 0.717) is 0 Å². The van der Waals surface area contributed by atoms with E-state index in [1.54, 1.807) is 0 Å². The van der Waals surface area contributed by atoms with Gasteiger partial charge < -0.3 is 0 Å². The van der Waals surface area contributed by atoms with Crippen molar-refractivity contribution in [3.05, 3.63) is 152 Å². The molecule has 45 heavy (non-hydrogen) atoms. The van der Waals surface area contributed by atoms with Crippen LogP contribution in [0.2, 0.25) is 0 Å². The minimum atomic E-state index is 0.834. The molecule has 3 nitrogen and oxygen atoms in total. The zero-order valence-corrected chi connectivity index (χ0v) is 24.3. The van der Waals surface area contributed by atoms with E-state index in [2.05, 4.69) is 132 Å². The van der Waals surface area contributed by atoms with E-state index in [1.165, 1.54) is 54.9 Å². The Bertz CT molecular complexity index is 2630. The maximum Gasteiger partial charge on any atom is 0.165 e. The summed E-state index contributed by atoms with van der Waals surface area (Å²) >= 11 is 0. The van der Waals surface area contributed by atoms with Crippen molar-refractivity contribution < 1.29 is 0 Å². The van der Waals surface area contributed by atoms with E-state index in [1.807, 2.05) is 24.3 Å². The summed E-state index contributed by atoms with van der Waals surface area (Å²) in [4.78, 5) is 10.6. The van der Waals surface area contributed by atoms with Gasteiger partial charge in [0.15, 0.2) is 5.82 Å². The Balaban J connectivity index is 1.44. The lowest BCUT2D eigenvalue weighted by atomic mass is 9.92. The summed E-state index contributed by atoms with van der Waals surface area (Å²) in [5, 5.41) is 5.06. The first kappa shape index (κ1) is 24.4. The molecule has 0 unspecified atom stereocenters. The third-order valence-corrected chi connectivity index (χ3v) is 9.30. The zero-order chi connectivity index (χ0) is 29.5. The van der Waals surface area contributed by atoms with E-state index in [0.717, 1.165) is 39.1 Å². The van der Waals surface area contributed by atoms with Crippen LogP contribution in [0.5, 0.6) is 0 Å². The molecule has 0 N–H and O–H groups in total. The topological polar surface area (TPSA) is 30.7 Å². The lowest BCUT2D eigenvalue weighted by molar-refractivity contribution is 1.08. The highest BCUT2D eigenvalue weighted by atomic mass is 15.1. The summed E-state index contributed by atoms with van der Waals surface area (Å²) < 4.78 is 2.36. The lowest BCUT2D eigenvalue weighted by Crippen LogP contribution is -2.04. The van der Waals surface area contributed by atoms with Crippen molar-refractivity contribution in [3.8, 4) is 50.5 Å². The van der Waals surface area contributed by atoms with Crippen LogP contribution >= 0.6 is 0 Å². The van der Waals surface area contributed by atoms with E-state index in [4.69, 9.17) is 9.97 Å². The standard InChI is InChI=1S/C42H25N3/c1-3-12-26(13-4-1)29-24-33-32-19-10-17-27-16-9-18-30(38(27)32)31-20-11-23-36-39(31)40(33)37(25-29)45(36)42-41(28-14-5-2-6-15-28)43-34-21-7-8-22-35(34)44-42/h1-25H. The van der Waals surface area contributed by atoms with Gasteiger partial charge in [0.25, 0.3) is 0 Å². The predicted octanol–water partition coefficient (Wildman–Crippen LogP) is 10.9. The molecule has 2 heterocycles. The predicted molar refractivity (Wildman–Crippen MR) is 187 cm³/mol. The second-order valence-electron chi connectivity index (χ2n) is 11.8. The molecule has 0 saturated heterocycles. The monoisotopic (exact) mass is 571 g/mol. The molecular formula is C42H25N3. The smallest absolute Gasteiger partial charge is 0.165 e. The quantitative estimate of drug-likeness (QED) is 0.211. The van der Waals surface area contributed by atoms with Crippen molar-refractivity contribution in [3.63, 3.8) is 0 Å². The summed E-state index contributed by atoms with van der Waals surface area (Å²) in [5.74, 6) is 0.834. The van der Waals surface area contributed by atoms with Crippen molar-refractivity contribution in [1.82, 2.24) is 14.5 Å². The Morgan fingerprint density at radius 1 is 0.378 bits per heavy atom. The van der Waals surface area contributed by atoms with Gasteiger partial charge in [-0.25, -0.2) is 9.97 Å². The van der Waals surface area contributed by atoms with Crippen LogP contribution in [0.15, 0.2) is 152 Å². The minimum Gasteiger partial charge on any atom is -0.292 e. The Hall–Kier alpha value is -6.06. The van der Waals surface area contributed by atoms with Crippen LogP contribution in [-0.4, -0.2) is 14.5 Å². The average molecular weight is 572 g/mol. The van der Waals surface area contributed by atoms with Crippen LogP contribution in [0.1, 0.15) is 0 Å². The molecule has 0 bridgehead atoms. The van der Waals surface area contributed by atoms with Crippen LogP contribution in [-0.2, 0) is 0 Å². The number of rotatable bonds is 3. The fourth-order valence-electron chi connectivity index (χ4n) is 7.37. The number of hydrogen-bond acceptors (Lipinski definition) is 2. The zero-order valence-electron chi connectivity index (χ0n) is 24.3. The van der Waals surface area contributed by atoms with Crippen LogP contribution in [0.4, 0.5) is 0 Å². The number of hydrogen-bond donors (Lipinski definition) is 0. The molecule has 9 aromatic rings. The van der Waals surface area contributed by atoms with Crippen LogP contribution in [0.3, 0.4) is 0 Å². The Morgan fingerprint density at radius 3 is 1.69 bits per heavy atom. The second-order valence-corrected chi connectivity index (χ2v) is 11.8. The molecule has 0 atom stereocenters. The van der Waals surface area contributed by atoms with Crippen LogP contribution in [0.25, 0.3) is 94.1 Å². The molecule has 2 aromatic heterocycles. The van der Waals surface area contributed by atoms with Crippen molar-refractivity contribution >= 4 is 43.6 Å². The highest BCUT2D eigenvalue weighted by Crippen LogP contribution is 2.51. The Morgan fingerprint density at radius 2 is 0.956 bits per heavy atom. The minimum absolute atomic E-state index is 0.834. The summed E-state index contributed by atoms with van der Waals surface area (Å²) in [6, 6.07) is 54.2. The van der Waals surface area contributed by atoms with E-state index in [9.17, 15) is 0 Å². The van der Waals surface area contributed by atoms with Crippen molar-refractivity contribution in [1.29, 1.82) is 0 Å². The first-order valence-corrected chi connectivity index (χ1v) is 15.4. The van der Waals surface area contributed by atoms with Gasteiger partial charge in [0.05, 0.1) is 22.1 Å². The van der Waals surface area contributed by atoms with Gasteiger partial charge in [-0.15, -0.1) is 0 Å². The summed E-state index contributed by atoms with van der Waals surface area (Å²) in [6.07, 6.45) is 0. The fourth-order valence-corrected chi connectivity index (χ4v) is 7.37. The summed E-state index contributed by atoms with van der Waals surface area (Å²) in [7, 11) is 0. The molecule has 10 rings (SSSR count). The highest BCUT2D eigenvalue weighted by Gasteiger charge is 2.27. The maximum atomic E-state index is 5.38. The molecule has 0 aliphatic heterocycles. The van der Waals surface area contributed by atoms with Gasteiger partial charge >= 0.3 is 0 Å². The van der Waals surface area contributed by atoms with Crippen molar-refractivity contribution in [2.45, 2.75) is 0 Å². The Labute approximate surface area is 259 Å². The third kappa shape index (κ3) is 3.46. The largest absolute Gasteiger partial charge is 0.292 e. The normalized spacial score (nSPS) is 12.0. The molecule has 0 spiro atoms. The van der Waals surface area contributed by atoms with Gasteiger partial charge in [0, 0.05) is 16.3 Å². The molecule has 0 amide bonds. The number of nitrogens with zero attached hydrogens (tertiary/aromatic N) is 3. The van der Waals surface area contributed by atoms with Crippen molar-refractivity contribution in [2.75, 3.05) is 0 Å².